The van der Waals surface area contributed by atoms with Crippen molar-refractivity contribution in [1.29, 1.82) is 0 Å². The molecule has 0 aromatic heterocycles. The van der Waals surface area contributed by atoms with Crippen molar-refractivity contribution in [1.82, 2.24) is 5.32 Å². The van der Waals surface area contributed by atoms with Gasteiger partial charge in [-0.25, -0.2) is 4.79 Å². The van der Waals surface area contributed by atoms with Gasteiger partial charge in [0.25, 0.3) is 5.91 Å². The van der Waals surface area contributed by atoms with Crippen LogP contribution in [0.25, 0.3) is 0 Å². The molecule has 1 rings (SSSR count). The zero-order chi connectivity index (χ0) is 15.0. The third-order valence-corrected chi connectivity index (χ3v) is 2.42. The Kier molecular flexibility index (Phi) is 6.22. The van der Waals surface area contributed by atoms with Crippen molar-refractivity contribution in [2.45, 2.75) is 20.3 Å². The predicted molar refractivity (Wildman–Crippen MR) is 74.3 cm³/mol. The van der Waals surface area contributed by atoms with Crippen LogP contribution in [0.2, 0.25) is 0 Å². The van der Waals surface area contributed by atoms with E-state index >= 15 is 0 Å². The first kappa shape index (κ1) is 15.7. The number of carbonyl (C=O) groups excluding carboxylic acids is 3. The molecule has 1 aromatic carbocycles. The van der Waals surface area contributed by atoms with Gasteiger partial charge in [-0.1, -0.05) is 19.1 Å². The van der Waals surface area contributed by atoms with E-state index in [2.05, 4.69) is 15.4 Å². The molecule has 108 valence electrons. The molecule has 0 aliphatic carbocycles. The fraction of sp³-hybridized carbons (Fsp3) is 0.357. The highest BCUT2D eigenvalue weighted by Gasteiger charge is 2.18. The molecule has 2 N–H and O–H groups in total. The maximum Gasteiger partial charge on any atom is 0.397 e. The Hall–Kier alpha value is -2.37. The first-order valence-electron chi connectivity index (χ1n) is 6.45. The summed E-state index contributed by atoms with van der Waals surface area (Å²) in [4.78, 5) is 34.8. The van der Waals surface area contributed by atoms with Crippen LogP contribution in [0.4, 0.5) is 5.69 Å². The molecule has 0 saturated carbocycles. The normalized spacial score (nSPS) is 9.70. The monoisotopic (exact) mass is 278 g/mol. The molecule has 6 heteroatoms. The summed E-state index contributed by atoms with van der Waals surface area (Å²) in [6.07, 6.45) is 0.809. The number of nitrogens with one attached hydrogen (secondary N) is 2. The Bertz CT molecular complexity index is 500. The van der Waals surface area contributed by atoms with Gasteiger partial charge in [0.2, 0.25) is 0 Å². The topological polar surface area (TPSA) is 84.5 Å². The van der Waals surface area contributed by atoms with Gasteiger partial charge < -0.3 is 15.4 Å². The minimum absolute atomic E-state index is 0.116. The van der Waals surface area contributed by atoms with Gasteiger partial charge in [-0.3, -0.25) is 9.59 Å². The van der Waals surface area contributed by atoms with Crippen LogP contribution in [0.1, 0.15) is 30.6 Å². The zero-order valence-electron chi connectivity index (χ0n) is 11.6. The summed E-state index contributed by atoms with van der Waals surface area (Å²) in [6.45, 7) is 4.20. The molecular weight excluding hydrogens is 260 g/mol. The van der Waals surface area contributed by atoms with Gasteiger partial charge in [0, 0.05) is 6.54 Å². The van der Waals surface area contributed by atoms with E-state index in [1.165, 1.54) is 0 Å². The lowest BCUT2D eigenvalue weighted by Crippen LogP contribution is -2.28. The number of anilines is 1. The van der Waals surface area contributed by atoms with Crippen molar-refractivity contribution < 1.29 is 19.1 Å². The summed E-state index contributed by atoms with van der Waals surface area (Å²) in [5.41, 5.74) is 0.581. The lowest BCUT2D eigenvalue weighted by atomic mass is 10.1. The Morgan fingerprint density at radius 1 is 1.15 bits per heavy atom. The number of para-hydroxylation sites is 1. The van der Waals surface area contributed by atoms with Crippen molar-refractivity contribution in [2.24, 2.45) is 0 Å². The van der Waals surface area contributed by atoms with Crippen molar-refractivity contribution in [3.8, 4) is 0 Å². The van der Waals surface area contributed by atoms with E-state index in [0.29, 0.717) is 12.1 Å². The van der Waals surface area contributed by atoms with Crippen molar-refractivity contribution in [3.05, 3.63) is 29.8 Å². The molecule has 0 bridgehead atoms. The lowest BCUT2D eigenvalue weighted by Gasteiger charge is -2.10. The molecule has 6 nitrogen and oxygen atoms in total. The Morgan fingerprint density at radius 3 is 2.50 bits per heavy atom. The molecule has 1 aromatic rings. The number of hydrogen-bond donors (Lipinski definition) is 2. The zero-order valence-corrected chi connectivity index (χ0v) is 11.6. The first-order valence-corrected chi connectivity index (χ1v) is 6.45. The first-order chi connectivity index (χ1) is 9.60. The van der Waals surface area contributed by atoms with E-state index in [9.17, 15) is 14.4 Å². The van der Waals surface area contributed by atoms with Crippen LogP contribution in [-0.4, -0.2) is 30.9 Å². The number of ether oxygens (including phenoxy) is 1. The van der Waals surface area contributed by atoms with Gasteiger partial charge in [0.1, 0.15) is 0 Å². The van der Waals surface area contributed by atoms with Crippen LogP contribution in [0.3, 0.4) is 0 Å². The Labute approximate surface area is 117 Å². The molecule has 0 unspecified atom stereocenters. The highest BCUT2D eigenvalue weighted by atomic mass is 16.5. The second-order valence-corrected chi connectivity index (χ2v) is 3.98. The molecule has 0 aliphatic heterocycles. The Morgan fingerprint density at radius 2 is 1.85 bits per heavy atom. The number of rotatable bonds is 5. The molecule has 0 radical (unpaired) electrons. The Balaban J connectivity index is 2.82. The van der Waals surface area contributed by atoms with E-state index in [4.69, 9.17) is 0 Å². The molecule has 0 fully saturated rings. The standard InChI is InChI=1S/C14H18N2O4/c1-3-9-15-12(17)10-7-5-6-8-11(10)16-13(18)14(19)20-4-2/h5-8H,3-4,9H2,1-2H3,(H,15,17)(H,16,18). The second-order valence-electron chi connectivity index (χ2n) is 3.98. The summed E-state index contributed by atoms with van der Waals surface area (Å²) in [7, 11) is 0. The SMILES string of the molecule is CCCNC(=O)c1ccccc1NC(=O)C(=O)OCC. The summed E-state index contributed by atoms with van der Waals surface area (Å²) in [5.74, 6) is -2.18. The maximum absolute atomic E-state index is 11.9. The van der Waals surface area contributed by atoms with Gasteiger partial charge in [-0.15, -0.1) is 0 Å². The quantitative estimate of drug-likeness (QED) is 0.628. The third-order valence-electron chi connectivity index (χ3n) is 2.42. The molecule has 0 aliphatic rings. The summed E-state index contributed by atoms with van der Waals surface area (Å²) < 4.78 is 4.59. The number of benzene rings is 1. The van der Waals surface area contributed by atoms with Crippen LogP contribution in [0.5, 0.6) is 0 Å². The third kappa shape index (κ3) is 4.38. The van der Waals surface area contributed by atoms with Crippen LogP contribution >= 0.6 is 0 Å². The average Bonchev–Trinajstić information content (AvgIpc) is 2.45. The molecule has 20 heavy (non-hydrogen) atoms. The predicted octanol–water partition coefficient (Wildman–Crippen LogP) is 1.33. The fourth-order valence-corrected chi connectivity index (χ4v) is 1.49. The summed E-state index contributed by atoms with van der Waals surface area (Å²) in [6, 6.07) is 6.47. The van der Waals surface area contributed by atoms with E-state index in [1.54, 1.807) is 31.2 Å². The van der Waals surface area contributed by atoms with Gasteiger partial charge in [0.05, 0.1) is 17.9 Å². The highest BCUT2D eigenvalue weighted by molar-refractivity contribution is 6.37. The average molecular weight is 278 g/mol. The van der Waals surface area contributed by atoms with E-state index < -0.39 is 11.9 Å². The second kappa shape index (κ2) is 7.93. The van der Waals surface area contributed by atoms with E-state index in [1.807, 2.05) is 6.92 Å². The smallest absolute Gasteiger partial charge is 0.397 e. The highest BCUT2D eigenvalue weighted by Crippen LogP contribution is 2.14. The molecule has 0 saturated heterocycles. The fourth-order valence-electron chi connectivity index (χ4n) is 1.49. The van der Waals surface area contributed by atoms with Crippen LogP contribution < -0.4 is 10.6 Å². The maximum atomic E-state index is 11.9. The van der Waals surface area contributed by atoms with Gasteiger partial charge in [-0.2, -0.15) is 0 Å². The van der Waals surface area contributed by atoms with Gasteiger partial charge in [-0.05, 0) is 25.5 Å². The van der Waals surface area contributed by atoms with Crippen molar-refractivity contribution >= 4 is 23.5 Å². The summed E-state index contributed by atoms with van der Waals surface area (Å²) in [5, 5.41) is 5.09. The minimum Gasteiger partial charge on any atom is -0.459 e. The number of amides is 2. The molecular formula is C14H18N2O4. The van der Waals surface area contributed by atoms with Gasteiger partial charge >= 0.3 is 11.9 Å². The van der Waals surface area contributed by atoms with E-state index in [-0.39, 0.29) is 18.2 Å². The minimum atomic E-state index is -0.976. The number of carbonyl (C=O) groups is 3. The molecule has 0 spiro atoms. The summed E-state index contributed by atoms with van der Waals surface area (Å²) >= 11 is 0. The lowest BCUT2D eigenvalue weighted by molar-refractivity contribution is -0.152. The molecule has 0 heterocycles. The molecule has 2 amide bonds. The van der Waals surface area contributed by atoms with E-state index in [0.717, 1.165) is 6.42 Å². The largest absolute Gasteiger partial charge is 0.459 e. The van der Waals surface area contributed by atoms with Crippen LogP contribution in [0.15, 0.2) is 24.3 Å². The van der Waals surface area contributed by atoms with Crippen molar-refractivity contribution in [3.63, 3.8) is 0 Å². The molecule has 0 atom stereocenters. The van der Waals surface area contributed by atoms with Crippen molar-refractivity contribution in [2.75, 3.05) is 18.5 Å². The van der Waals surface area contributed by atoms with Gasteiger partial charge in [0.15, 0.2) is 0 Å². The van der Waals surface area contributed by atoms with Crippen LogP contribution in [-0.2, 0) is 14.3 Å². The van der Waals surface area contributed by atoms with Crippen LogP contribution in [0, 0.1) is 0 Å². The number of hydrogen-bond acceptors (Lipinski definition) is 4. The number of esters is 1.